The molecule has 1 nitrogen and oxygen atoms in total. The normalized spacial score (nSPS) is 10.9. The Morgan fingerprint density at radius 3 is 2.20 bits per heavy atom. The number of aromatic nitrogens is 1. The van der Waals surface area contributed by atoms with Gasteiger partial charge in [-0.15, -0.1) is 11.8 Å². The highest BCUT2D eigenvalue weighted by Gasteiger charge is 2.21. The number of aryl methyl sites for hydroxylation is 2. The first kappa shape index (κ1) is 14.8. The highest BCUT2D eigenvalue weighted by Crippen LogP contribution is 2.31. The van der Waals surface area contributed by atoms with Gasteiger partial charge in [0.05, 0.1) is 4.90 Å². The van der Waals surface area contributed by atoms with Crippen molar-refractivity contribution in [3.63, 3.8) is 0 Å². The van der Waals surface area contributed by atoms with Crippen molar-refractivity contribution in [2.24, 2.45) is 0 Å². The highest BCUT2D eigenvalue weighted by atomic mass is 32.2. The minimum Gasteiger partial charge on any atom is -0.201 e. The molecule has 2 aromatic rings. The maximum atomic E-state index is 13.5. The van der Waals surface area contributed by atoms with Crippen LogP contribution in [0.15, 0.2) is 23.1 Å². The predicted octanol–water partition coefficient (Wildman–Crippen LogP) is 4.55. The van der Waals surface area contributed by atoms with E-state index in [9.17, 15) is 17.6 Å². The van der Waals surface area contributed by atoms with Gasteiger partial charge in [0.25, 0.3) is 11.9 Å². The van der Waals surface area contributed by atoms with E-state index in [1.807, 2.05) is 32.0 Å². The Kier molecular flexibility index (Phi) is 4.32. The topological polar surface area (TPSA) is 12.9 Å². The van der Waals surface area contributed by atoms with Crippen LogP contribution in [-0.4, -0.2) is 4.98 Å². The number of thioether (sulfide) groups is 1. The van der Waals surface area contributed by atoms with Crippen LogP contribution in [0.2, 0.25) is 0 Å². The Morgan fingerprint density at radius 2 is 1.60 bits per heavy atom. The Bertz CT molecular complexity index is 632. The van der Waals surface area contributed by atoms with Crippen molar-refractivity contribution in [3.05, 3.63) is 58.4 Å². The number of hydrogen-bond donors (Lipinski definition) is 0. The molecular weight excluding hydrogens is 290 g/mol. The Hall–Kier alpha value is -1.56. The summed E-state index contributed by atoms with van der Waals surface area (Å²) < 4.78 is 52.9. The predicted molar refractivity (Wildman–Crippen MR) is 69.5 cm³/mol. The van der Waals surface area contributed by atoms with Crippen LogP contribution in [0.3, 0.4) is 0 Å². The van der Waals surface area contributed by atoms with Gasteiger partial charge in [-0.05, 0) is 25.0 Å². The summed E-state index contributed by atoms with van der Waals surface area (Å²) in [6.45, 7) is 3.75. The van der Waals surface area contributed by atoms with Crippen molar-refractivity contribution in [2.75, 3.05) is 0 Å². The molecule has 0 radical (unpaired) electrons. The molecule has 0 spiro atoms. The van der Waals surface area contributed by atoms with Crippen LogP contribution < -0.4 is 0 Å². The molecule has 0 aliphatic rings. The summed E-state index contributed by atoms with van der Waals surface area (Å²) in [5.41, 5.74) is 2.80. The van der Waals surface area contributed by atoms with E-state index in [1.54, 1.807) is 0 Å². The molecule has 1 aromatic carbocycles. The molecule has 0 bridgehead atoms. The lowest BCUT2D eigenvalue weighted by atomic mass is 10.1. The fourth-order valence-electron chi connectivity index (χ4n) is 1.70. The maximum absolute atomic E-state index is 13.5. The third kappa shape index (κ3) is 2.95. The van der Waals surface area contributed by atoms with Crippen LogP contribution in [0, 0.1) is 37.4 Å². The molecule has 0 fully saturated rings. The number of hydrogen-bond acceptors (Lipinski definition) is 2. The summed E-state index contributed by atoms with van der Waals surface area (Å²) in [5.74, 6) is -5.97. The van der Waals surface area contributed by atoms with Crippen molar-refractivity contribution in [1.82, 2.24) is 4.98 Å². The first-order chi connectivity index (χ1) is 9.40. The molecule has 106 valence electrons. The van der Waals surface area contributed by atoms with Crippen molar-refractivity contribution in [2.45, 2.75) is 24.5 Å². The third-order valence-electron chi connectivity index (χ3n) is 2.83. The fourth-order valence-corrected chi connectivity index (χ4v) is 2.73. The average Bonchev–Trinajstić information content (AvgIpc) is 2.40. The molecular formula is C14H11F4NS. The van der Waals surface area contributed by atoms with Gasteiger partial charge in [-0.1, -0.05) is 23.8 Å². The van der Waals surface area contributed by atoms with E-state index in [1.165, 1.54) is 0 Å². The molecule has 1 aromatic heterocycles. The van der Waals surface area contributed by atoms with Gasteiger partial charge in [0.15, 0.2) is 11.6 Å². The molecule has 0 aliphatic heterocycles. The first-order valence-corrected chi connectivity index (χ1v) is 6.77. The molecule has 0 atom stereocenters. The van der Waals surface area contributed by atoms with Gasteiger partial charge >= 0.3 is 0 Å². The average molecular weight is 301 g/mol. The largest absolute Gasteiger partial charge is 0.252 e. The number of benzene rings is 1. The molecule has 0 aliphatic carbocycles. The Labute approximate surface area is 118 Å². The van der Waals surface area contributed by atoms with Crippen molar-refractivity contribution < 1.29 is 17.6 Å². The van der Waals surface area contributed by atoms with E-state index in [2.05, 4.69) is 4.98 Å². The van der Waals surface area contributed by atoms with Gasteiger partial charge in [-0.2, -0.15) is 13.8 Å². The van der Waals surface area contributed by atoms with Gasteiger partial charge < -0.3 is 0 Å². The van der Waals surface area contributed by atoms with Crippen LogP contribution in [0.1, 0.15) is 16.7 Å². The molecule has 6 heteroatoms. The van der Waals surface area contributed by atoms with E-state index >= 15 is 0 Å². The molecule has 0 unspecified atom stereocenters. The number of rotatable bonds is 3. The second-order valence-corrected chi connectivity index (χ2v) is 5.35. The van der Waals surface area contributed by atoms with Crippen molar-refractivity contribution in [3.8, 4) is 0 Å². The lowest BCUT2D eigenvalue weighted by Gasteiger charge is -2.09. The van der Waals surface area contributed by atoms with E-state index in [4.69, 9.17) is 0 Å². The second kappa shape index (κ2) is 5.83. The lowest BCUT2D eigenvalue weighted by Crippen LogP contribution is -2.02. The Balaban J connectivity index is 2.30. The molecule has 0 saturated carbocycles. The fraction of sp³-hybridized carbons (Fsp3) is 0.214. The molecule has 0 saturated heterocycles. The smallest absolute Gasteiger partial charge is 0.201 e. The third-order valence-corrected chi connectivity index (χ3v) is 3.94. The minimum absolute atomic E-state index is 0.213. The van der Waals surface area contributed by atoms with Crippen molar-refractivity contribution >= 4 is 11.8 Å². The summed E-state index contributed by atoms with van der Waals surface area (Å²) in [6, 6.07) is 5.66. The summed E-state index contributed by atoms with van der Waals surface area (Å²) in [4.78, 5) is 1.84. The molecule has 0 amide bonds. The quantitative estimate of drug-likeness (QED) is 0.469. The van der Waals surface area contributed by atoms with Gasteiger partial charge in [-0.3, -0.25) is 0 Å². The van der Waals surface area contributed by atoms with Gasteiger partial charge in [0.1, 0.15) is 0 Å². The molecule has 2 rings (SSSR count). The van der Waals surface area contributed by atoms with E-state index in [-0.39, 0.29) is 5.75 Å². The zero-order chi connectivity index (χ0) is 14.9. The highest BCUT2D eigenvalue weighted by molar-refractivity contribution is 7.98. The zero-order valence-electron chi connectivity index (χ0n) is 10.8. The maximum Gasteiger partial charge on any atom is 0.252 e. The summed E-state index contributed by atoms with van der Waals surface area (Å²) in [6.07, 6.45) is 0. The van der Waals surface area contributed by atoms with Gasteiger partial charge in [-0.25, -0.2) is 8.78 Å². The van der Waals surface area contributed by atoms with Crippen LogP contribution in [0.4, 0.5) is 17.6 Å². The standard InChI is InChI=1S/C14H11F4NS/c1-7-3-4-8(2)9(5-7)6-20-12-10(15)13(17)19-14(18)11(12)16/h3-5H,6H2,1-2H3. The summed E-state index contributed by atoms with van der Waals surface area (Å²) >= 11 is 0.708. The molecule has 0 N–H and O–H groups in total. The van der Waals surface area contributed by atoms with Gasteiger partial charge in [0, 0.05) is 5.75 Å². The number of pyridine rings is 1. The van der Waals surface area contributed by atoms with E-state index in [0.717, 1.165) is 16.7 Å². The molecule has 1 heterocycles. The molecule has 20 heavy (non-hydrogen) atoms. The second-order valence-electron chi connectivity index (χ2n) is 4.37. The zero-order valence-corrected chi connectivity index (χ0v) is 11.6. The van der Waals surface area contributed by atoms with Crippen LogP contribution in [0.5, 0.6) is 0 Å². The van der Waals surface area contributed by atoms with Gasteiger partial charge in [0.2, 0.25) is 0 Å². The minimum atomic E-state index is -1.63. The summed E-state index contributed by atoms with van der Waals surface area (Å²) in [7, 11) is 0. The van der Waals surface area contributed by atoms with E-state index in [0.29, 0.717) is 11.8 Å². The SMILES string of the molecule is Cc1ccc(C)c(CSc2c(F)c(F)nc(F)c2F)c1. The Morgan fingerprint density at radius 1 is 1.00 bits per heavy atom. The monoisotopic (exact) mass is 301 g/mol. The van der Waals surface area contributed by atoms with Crippen LogP contribution in [0.25, 0.3) is 0 Å². The van der Waals surface area contributed by atoms with Crippen LogP contribution >= 0.6 is 11.8 Å². The first-order valence-electron chi connectivity index (χ1n) is 5.79. The number of halogens is 4. The van der Waals surface area contributed by atoms with Crippen molar-refractivity contribution in [1.29, 1.82) is 0 Å². The van der Waals surface area contributed by atoms with Crippen LogP contribution in [-0.2, 0) is 5.75 Å². The van der Waals surface area contributed by atoms with E-state index < -0.39 is 28.4 Å². The lowest BCUT2D eigenvalue weighted by molar-refractivity contribution is 0.383. The number of nitrogens with zero attached hydrogens (tertiary/aromatic N) is 1. The summed E-state index contributed by atoms with van der Waals surface area (Å²) in [5, 5.41) is 0.